The Morgan fingerprint density at radius 3 is 2.44 bits per heavy atom. The van der Waals surface area contributed by atoms with Crippen LogP contribution in [0.3, 0.4) is 0 Å². The van der Waals surface area contributed by atoms with Gasteiger partial charge < -0.3 is 19.7 Å². The number of hydrogen-bond donors (Lipinski definition) is 2. The van der Waals surface area contributed by atoms with E-state index < -0.39 is 11.6 Å². The molecule has 0 aliphatic carbocycles. The van der Waals surface area contributed by atoms with Crippen molar-refractivity contribution in [3.05, 3.63) is 83.0 Å². The quantitative estimate of drug-likeness (QED) is 0.182. The summed E-state index contributed by atoms with van der Waals surface area (Å²) in [6.07, 6.45) is 5.14. The Morgan fingerprint density at radius 1 is 0.926 bits per heavy atom. The van der Waals surface area contributed by atoms with Crippen LogP contribution in [0.5, 0.6) is 11.5 Å². The lowest BCUT2D eigenvalue weighted by atomic mass is 9.85. The molecule has 0 spiro atoms. The summed E-state index contributed by atoms with van der Waals surface area (Å²) in [5, 5.41) is 25.2. The molecule has 0 saturated carbocycles. The van der Waals surface area contributed by atoms with Crippen LogP contribution < -0.4 is 9.47 Å². The Balaban J connectivity index is 0.000000659. The number of nitrogens with zero attached hydrogens (tertiary/aromatic N) is 3. The monoisotopic (exact) mass is 747 g/mol. The van der Waals surface area contributed by atoms with Crippen molar-refractivity contribution in [2.75, 3.05) is 13.2 Å². The number of ether oxygens (including phenoxy) is 2. The third kappa shape index (κ3) is 8.32. The normalized spacial score (nSPS) is 15.3. The number of carboxylic acids is 1. The van der Waals surface area contributed by atoms with Crippen molar-refractivity contribution in [2.45, 2.75) is 98.5 Å². The molecule has 2 aliphatic heterocycles. The zero-order chi connectivity index (χ0) is 38.7. The number of aromatic nitrogens is 3. The second-order valence-electron chi connectivity index (χ2n) is 15.1. The molecule has 2 aromatic heterocycles. The van der Waals surface area contributed by atoms with Gasteiger partial charge >= 0.3 is 5.97 Å². The van der Waals surface area contributed by atoms with Gasteiger partial charge in [-0.15, -0.1) is 11.3 Å². The summed E-state index contributed by atoms with van der Waals surface area (Å²) in [5.41, 5.74) is 10.5. The molecular formula is C45H53N3O5S. The van der Waals surface area contributed by atoms with E-state index in [9.17, 15) is 9.90 Å². The van der Waals surface area contributed by atoms with Crippen LogP contribution in [0, 0.1) is 13.8 Å². The van der Waals surface area contributed by atoms with E-state index in [1.165, 1.54) is 5.56 Å². The van der Waals surface area contributed by atoms with Gasteiger partial charge in [-0.05, 0) is 124 Å². The number of carbonyl (C=O) groups is 1. The highest BCUT2D eigenvalue weighted by molar-refractivity contribution is 7.22. The smallest absolute Gasteiger partial charge is 0.307 e. The molecule has 8 nitrogen and oxygen atoms in total. The predicted molar refractivity (Wildman–Crippen MR) is 221 cm³/mol. The molecule has 1 atom stereocenters. The van der Waals surface area contributed by atoms with E-state index in [4.69, 9.17) is 24.7 Å². The van der Waals surface area contributed by atoms with Gasteiger partial charge in [-0.3, -0.25) is 9.48 Å². The van der Waals surface area contributed by atoms with E-state index in [-0.39, 0.29) is 6.42 Å². The lowest BCUT2D eigenvalue weighted by molar-refractivity contribution is -0.136. The molecule has 6 bridgehead atoms. The fraction of sp³-hybridized carbons (Fsp3) is 0.400. The topological polar surface area (TPSA) is 107 Å². The maximum absolute atomic E-state index is 12.2. The van der Waals surface area contributed by atoms with Gasteiger partial charge in [-0.1, -0.05) is 51.0 Å². The third-order valence-electron chi connectivity index (χ3n) is 9.81. The van der Waals surface area contributed by atoms with Crippen LogP contribution in [0.2, 0.25) is 0 Å². The molecule has 6 aromatic rings. The summed E-state index contributed by atoms with van der Waals surface area (Å²) < 4.78 is 15.7. The molecule has 8 rings (SSSR count). The van der Waals surface area contributed by atoms with Gasteiger partial charge in [0.25, 0.3) is 0 Å². The summed E-state index contributed by atoms with van der Waals surface area (Å²) in [6.45, 7) is 14.6. The Labute approximate surface area is 322 Å². The molecule has 0 radical (unpaired) electrons. The molecule has 9 heteroatoms. The van der Waals surface area contributed by atoms with E-state index in [2.05, 4.69) is 54.6 Å². The zero-order valence-corrected chi connectivity index (χ0v) is 33.7. The van der Waals surface area contributed by atoms with Crippen molar-refractivity contribution in [3.8, 4) is 44.3 Å². The Kier molecular flexibility index (Phi) is 11.8. The van der Waals surface area contributed by atoms with Gasteiger partial charge in [0.05, 0.1) is 52.0 Å². The van der Waals surface area contributed by atoms with Crippen LogP contribution in [0.4, 0.5) is 0 Å². The highest BCUT2D eigenvalue weighted by atomic mass is 32.1. The molecule has 2 N–H and O–H groups in total. The summed E-state index contributed by atoms with van der Waals surface area (Å²) in [7, 11) is 1.98. The van der Waals surface area contributed by atoms with Crippen LogP contribution in [0.25, 0.3) is 53.9 Å². The molecule has 0 fully saturated rings. The molecule has 4 heterocycles. The first-order valence-electron chi connectivity index (χ1n) is 19.2. The fourth-order valence-corrected chi connectivity index (χ4v) is 8.66. The second-order valence-corrected chi connectivity index (χ2v) is 16.1. The molecule has 2 aliphatic rings. The lowest BCUT2D eigenvalue weighted by Gasteiger charge is -2.27. The van der Waals surface area contributed by atoms with E-state index in [1.807, 2.05) is 45.5 Å². The highest BCUT2D eigenvalue weighted by Crippen LogP contribution is 2.46. The number of benzene rings is 4. The van der Waals surface area contributed by atoms with Crippen molar-refractivity contribution in [3.63, 3.8) is 0 Å². The van der Waals surface area contributed by atoms with Crippen molar-refractivity contribution >= 4 is 38.4 Å². The van der Waals surface area contributed by atoms with Gasteiger partial charge in [-0.25, -0.2) is 4.98 Å². The summed E-state index contributed by atoms with van der Waals surface area (Å²) in [5.74, 6) is 1.38. The Morgan fingerprint density at radius 2 is 1.69 bits per heavy atom. The minimum absolute atomic E-state index is 0.0458. The van der Waals surface area contributed by atoms with Gasteiger partial charge in [0.2, 0.25) is 0 Å². The van der Waals surface area contributed by atoms with E-state index in [0.29, 0.717) is 19.1 Å². The van der Waals surface area contributed by atoms with Crippen LogP contribution in [0.1, 0.15) is 95.0 Å². The van der Waals surface area contributed by atoms with Crippen LogP contribution in [-0.2, 0) is 18.3 Å². The molecule has 0 saturated heterocycles. The number of rotatable bonds is 2. The molecule has 0 amide bonds. The first kappa shape index (κ1) is 39.0. The van der Waals surface area contributed by atoms with Gasteiger partial charge in [0, 0.05) is 23.7 Å². The minimum atomic E-state index is -0.838. The number of carboxylic acid groups (broad SMARTS) is 1. The summed E-state index contributed by atoms with van der Waals surface area (Å²) in [4.78, 5) is 17.3. The van der Waals surface area contributed by atoms with Crippen LogP contribution in [-0.4, -0.2) is 49.8 Å². The van der Waals surface area contributed by atoms with Crippen LogP contribution in [0.15, 0.2) is 60.7 Å². The molecular weight excluding hydrogens is 695 g/mol. The summed E-state index contributed by atoms with van der Waals surface area (Å²) in [6, 6.07) is 21.3. The average Bonchev–Trinajstić information content (AvgIpc) is 3.69. The number of thiazole rings is 1. The van der Waals surface area contributed by atoms with E-state index in [1.54, 1.807) is 32.1 Å². The summed E-state index contributed by atoms with van der Waals surface area (Å²) >= 11 is 1.63. The SMILES string of the molecule is CC.CC(C)(C)O.Cc1cc2nc3sc2c(c1CC(=O)O)-c1ccc2c(c1)C(CCCCCOc1c(ccc4c1c(C)nn4C)-c1cccc-3c1)CCO2. The minimum Gasteiger partial charge on any atom is -0.493 e. The zero-order valence-electron chi connectivity index (χ0n) is 32.9. The number of aliphatic carboxylic acids is 1. The van der Waals surface area contributed by atoms with E-state index >= 15 is 0 Å². The number of aliphatic hydroxyl groups is 1. The predicted octanol–water partition coefficient (Wildman–Crippen LogP) is 11.1. The highest BCUT2D eigenvalue weighted by Gasteiger charge is 2.25. The maximum Gasteiger partial charge on any atom is 0.307 e. The van der Waals surface area contributed by atoms with Gasteiger partial charge in [0.1, 0.15) is 16.5 Å². The first-order valence-corrected chi connectivity index (χ1v) is 20.0. The molecule has 4 aromatic carbocycles. The van der Waals surface area contributed by atoms with Crippen molar-refractivity contribution < 1.29 is 24.5 Å². The lowest BCUT2D eigenvalue weighted by Crippen LogP contribution is -2.14. The third-order valence-corrected chi connectivity index (χ3v) is 10.9. The molecule has 54 heavy (non-hydrogen) atoms. The van der Waals surface area contributed by atoms with Gasteiger partial charge in [-0.2, -0.15) is 5.10 Å². The molecule has 1 unspecified atom stereocenters. The average molecular weight is 748 g/mol. The van der Waals surface area contributed by atoms with Crippen molar-refractivity contribution in [1.29, 1.82) is 0 Å². The number of aryl methyl sites for hydroxylation is 3. The fourth-order valence-electron chi connectivity index (χ4n) is 7.53. The maximum atomic E-state index is 12.2. The van der Waals surface area contributed by atoms with Crippen molar-refractivity contribution in [2.24, 2.45) is 7.05 Å². The largest absolute Gasteiger partial charge is 0.493 e. The number of hydrogen-bond acceptors (Lipinski definition) is 7. The van der Waals surface area contributed by atoms with Gasteiger partial charge in [0.15, 0.2) is 0 Å². The second kappa shape index (κ2) is 16.3. The Hall–Kier alpha value is -4.73. The van der Waals surface area contributed by atoms with E-state index in [0.717, 1.165) is 114 Å². The van der Waals surface area contributed by atoms with Crippen molar-refractivity contribution in [1.82, 2.24) is 14.8 Å². The first-order chi connectivity index (χ1) is 25.9. The Bertz CT molecular complexity index is 2290. The van der Waals surface area contributed by atoms with Crippen LogP contribution >= 0.6 is 11.3 Å². The molecule has 284 valence electrons. The standard InChI is InChI=1S/C39H37N3O4S.C4H10O.C2H6/c1-22-18-31-38-36(29(22)21-34(43)44)26-11-14-33-30(20-26)24(15-17-45-33)8-5-4-6-16-46-37-28(12-13-32-35(37)23(2)41-42(32)3)25-9-7-10-27(19-25)39(40-31)47-38;1-4(2,3)5;1-2/h7,9-14,18-20,24H,4-6,8,15-17,21H2,1-3H3,(H,43,44);5H,1-3H3;1-2H3. The number of fused-ring (bicyclic) bond motifs is 10.